The summed E-state index contributed by atoms with van der Waals surface area (Å²) in [6.45, 7) is 5.46. The first-order valence-corrected chi connectivity index (χ1v) is 5.45. The van der Waals surface area contributed by atoms with Crippen LogP contribution in [-0.4, -0.2) is 12.2 Å². The Morgan fingerprint density at radius 2 is 2.00 bits per heavy atom. The van der Waals surface area contributed by atoms with Crippen molar-refractivity contribution in [1.82, 2.24) is 0 Å². The maximum absolute atomic E-state index is 5.54. The van der Waals surface area contributed by atoms with Crippen molar-refractivity contribution in [2.45, 2.75) is 38.2 Å². The first-order chi connectivity index (χ1) is 6.76. The molecule has 1 heterocycles. The summed E-state index contributed by atoms with van der Waals surface area (Å²) < 4.78 is 5.54. The number of benzene rings is 1. The number of epoxide rings is 1. The minimum Gasteiger partial charge on any atom is -0.370 e. The van der Waals surface area contributed by atoms with Crippen molar-refractivity contribution in [2.24, 2.45) is 0 Å². The van der Waals surface area contributed by atoms with Gasteiger partial charge in [0, 0.05) is 0 Å². The molecule has 0 saturated carbocycles. The van der Waals surface area contributed by atoms with E-state index in [2.05, 4.69) is 44.2 Å². The molecule has 1 aliphatic rings. The van der Waals surface area contributed by atoms with Gasteiger partial charge >= 0.3 is 0 Å². The molecule has 1 heteroatoms. The van der Waals surface area contributed by atoms with Crippen molar-refractivity contribution in [3.05, 3.63) is 35.9 Å². The molecule has 1 aromatic rings. The second kappa shape index (κ2) is 3.74. The van der Waals surface area contributed by atoms with E-state index in [-0.39, 0.29) is 5.60 Å². The largest absolute Gasteiger partial charge is 0.370 e. The minimum absolute atomic E-state index is 0.218. The second-order valence-electron chi connectivity index (χ2n) is 4.34. The van der Waals surface area contributed by atoms with Crippen LogP contribution in [0.2, 0.25) is 0 Å². The highest BCUT2D eigenvalue weighted by atomic mass is 16.6. The molecule has 76 valence electrons. The Morgan fingerprint density at radius 3 is 2.50 bits per heavy atom. The maximum atomic E-state index is 5.54. The highest BCUT2D eigenvalue weighted by Gasteiger charge is 2.43. The van der Waals surface area contributed by atoms with E-state index in [9.17, 15) is 0 Å². The van der Waals surface area contributed by atoms with Gasteiger partial charge in [0.2, 0.25) is 0 Å². The number of hydrogen-bond donors (Lipinski definition) is 0. The van der Waals surface area contributed by atoms with Crippen molar-refractivity contribution in [2.75, 3.05) is 6.61 Å². The molecule has 0 amide bonds. The third-order valence-electron chi connectivity index (χ3n) is 3.24. The molecule has 2 rings (SSSR count). The molecule has 1 saturated heterocycles. The van der Waals surface area contributed by atoms with Gasteiger partial charge in [-0.1, -0.05) is 44.2 Å². The standard InChI is InChI=1S/C13H18O/c1-3-13(10-14-13)9-11(2)12-7-5-4-6-8-12/h4-8,11H,3,9-10H2,1-2H3. The lowest BCUT2D eigenvalue weighted by molar-refractivity contribution is 0.270. The van der Waals surface area contributed by atoms with E-state index >= 15 is 0 Å². The Kier molecular flexibility index (Phi) is 2.60. The minimum atomic E-state index is 0.218. The molecule has 0 N–H and O–H groups in total. The van der Waals surface area contributed by atoms with Gasteiger partial charge < -0.3 is 4.74 Å². The summed E-state index contributed by atoms with van der Waals surface area (Å²) in [5, 5.41) is 0. The molecule has 14 heavy (non-hydrogen) atoms. The van der Waals surface area contributed by atoms with E-state index in [1.807, 2.05) is 0 Å². The van der Waals surface area contributed by atoms with Crippen LogP contribution < -0.4 is 0 Å². The van der Waals surface area contributed by atoms with Gasteiger partial charge in [0.1, 0.15) is 0 Å². The number of hydrogen-bond acceptors (Lipinski definition) is 1. The van der Waals surface area contributed by atoms with Gasteiger partial charge in [0.15, 0.2) is 0 Å². The molecule has 2 atom stereocenters. The maximum Gasteiger partial charge on any atom is 0.0919 e. The van der Waals surface area contributed by atoms with Crippen LogP contribution in [0.1, 0.15) is 38.2 Å². The van der Waals surface area contributed by atoms with E-state index in [0.717, 1.165) is 19.4 Å². The third-order valence-corrected chi connectivity index (χ3v) is 3.24. The van der Waals surface area contributed by atoms with Gasteiger partial charge in [-0.05, 0) is 24.3 Å². The van der Waals surface area contributed by atoms with Crippen LogP contribution in [0.3, 0.4) is 0 Å². The summed E-state index contributed by atoms with van der Waals surface area (Å²) in [5.41, 5.74) is 1.64. The molecule has 2 unspecified atom stereocenters. The molecule has 0 aliphatic carbocycles. The van der Waals surface area contributed by atoms with Crippen molar-refractivity contribution in [3.8, 4) is 0 Å². The first-order valence-electron chi connectivity index (χ1n) is 5.45. The van der Waals surface area contributed by atoms with E-state index in [0.29, 0.717) is 5.92 Å². The molecule has 1 aliphatic heterocycles. The van der Waals surface area contributed by atoms with E-state index in [4.69, 9.17) is 4.74 Å². The van der Waals surface area contributed by atoms with Gasteiger partial charge in [-0.15, -0.1) is 0 Å². The monoisotopic (exact) mass is 190 g/mol. The van der Waals surface area contributed by atoms with Crippen LogP contribution in [0.25, 0.3) is 0 Å². The lowest BCUT2D eigenvalue weighted by atomic mass is 9.89. The summed E-state index contributed by atoms with van der Waals surface area (Å²) in [7, 11) is 0. The van der Waals surface area contributed by atoms with E-state index in [1.165, 1.54) is 5.56 Å². The summed E-state index contributed by atoms with van der Waals surface area (Å²) >= 11 is 0. The summed E-state index contributed by atoms with van der Waals surface area (Å²) in [4.78, 5) is 0. The normalized spacial score (nSPS) is 27.3. The Hall–Kier alpha value is -0.820. The molecule has 0 bridgehead atoms. The number of rotatable bonds is 4. The zero-order valence-corrected chi connectivity index (χ0v) is 8.99. The second-order valence-corrected chi connectivity index (χ2v) is 4.34. The Labute approximate surface area is 86.1 Å². The zero-order chi connectivity index (χ0) is 10.0. The zero-order valence-electron chi connectivity index (χ0n) is 8.99. The van der Waals surface area contributed by atoms with Crippen LogP contribution in [0.5, 0.6) is 0 Å². The van der Waals surface area contributed by atoms with Crippen LogP contribution >= 0.6 is 0 Å². The first kappa shape index (κ1) is 9.72. The third kappa shape index (κ3) is 1.98. The van der Waals surface area contributed by atoms with Crippen molar-refractivity contribution in [1.29, 1.82) is 0 Å². The highest BCUT2D eigenvalue weighted by molar-refractivity contribution is 5.19. The quantitative estimate of drug-likeness (QED) is 0.663. The van der Waals surface area contributed by atoms with Gasteiger partial charge in [0.05, 0.1) is 12.2 Å². The fourth-order valence-corrected chi connectivity index (χ4v) is 2.03. The van der Waals surface area contributed by atoms with E-state index in [1.54, 1.807) is 0 Å². The molecule has 1 fully saturated rings. The fraction of sp³-hybridized carbons (Fsp3) is 0.538. The van der Waals surface area contributed by atoms with Gasteiger partial charge in [-0.3, -0.25) is 0 Å². The predicted octanol–water partition coefficient (Wildman–Crippen LogP) is 3.36. The summed E-state index contributed by atoms with van der Waals surface area (Å²) in [6.07, 6.45) is 2.30. The van der Waals surface area contributed by atoms with Crippen molar-refractivity contribution >= 4 is 0 Å². The van der Waals surface area contributed by atoms with Crippen molar-refractivity contribution in [3.63, 3.8) is 0 Å². The predicted molar refractivity (Wildman–Crippen MR) is 58.4 cm³/mol. The molecule has 0 radical (unpaired) electrons. The topological polar surface area (TPSA) is 12.5 Å². The Balaban J connectivity index is 1.99. The summed E-state index contributed by atoms with van der Waals surface area (Å²) in [6, 6.07) is 10.7. The molecule has 1 aromatic carbocycles. The Bertz CT molecular complexity index is 287. The van der Waals surface area contributed by atoms with Crippen LogP contribution in [0.15, 0.2) is 30.3 Å². The lowest BCUT2D eigenvalue weighted by Crippen LogP contribution is -2.13. The van der Waals surface area contributed by atoms with E-state index < -0.39 is 0 Å². The average molecular weight is 190 g/mol. The molecule has 1 nitrogen and oxygen atoms in total. The van der Waals surface area contributed by atoms with Crippen LogP contribution in [0.4, 0.5) is 0 Å². The van der Waals surface area contributed by atoms with Crippen molar-refractivity contribution < 1.29 is 4.74 Å². The molecule has 0 aromatic heterocycles. The molecular weight excluding hydrogens is 172 g/mol. The lowest BCUT2D eigenvalue weighted by Gasteiger charge is -2.16. The SMILES string of the molecule is CCC1(CC(C)c2ccccc2)CO1. The van der Waals surface area contributed by atoms with Gasteiger partial charge in [0.25, 0.3) is 0 Å². The summed E-state index contributed by atoms with van der Waals surface area (Å²) in [5.74, 6) is 0.610. The molecular formula is C13H18O. The smallest absolute Gasteiger partial charge is 0.0919 e. The molecule has 0 spiro atoms. The Morgan fingerprint density at radius 1 is 1.36 bits per heavy atom. The number of ether oxygens (including phenoxy) is 1. The van der Waals surface area contributed by atoms with Crippen LogP contribution in [0, 0.1) is 0 Å². The fourth-order valence-electron chi connectivity index (χ4n) is 2.03. The van der Waals surface area contributed by atoms with Crippen LogP contribution in [-0.2, 0) is 4.74 Å². The van der Waals surface area contributed by atoms with Gasteiger partial charge in [-0.25, -0.2) is 0 Å². The highest BCUT2D eigenvalue weighted by Crippen LogP contribution is 2.39. The van der Waals surface area contributed by atoms with Gasteiger partial charge in [-0.2, -0.15) is 0 Å². The average Bonchev–Trinajstić information content (AvgIpc) is 3.00.